The van der Waals surface area contributed by atoms with Crippen LogP contribution in [0.4, 0.5) is 0 Å². The summed E-state index contributed by atoms with van der Waals surface area (Å²) in [5.74, 6) is -0.109. The summed E-state index contributed by atoms with van der Waals surface area (Å²) in [6.07, 6.45) is 0.696. The molecule has 1 aromatic heterocycles. The molecule has 0 saturated carbocycles. The van der Waals surface area contributed by atoms with E-state index in [1.165, 1.54) is 11.3 Å². The molecule has 1 unspecified atom stereocenters. The average molecular weight is 360 g/mol. The van der Waals surface area contributed by atoms with Crippen molar-refractivity contribution < 1.29 is 4.79 Å². The molecule has 1 amide bonds. The third kappa shape index (κ3) is 4.20. The number of amides is 1. The van der Waals surface area contributed by atoms with Crippen LogP contribution in [0.5, 0.6) is 0 Å². The highest BCUT2D eigenvalue weighted by Crippen LogP contribution is 2.27. The molecule has 0 spiro atoms. The molecule has 22 heavy (non-hydrogen) atoms. The van der Waals surface area contributed by atoms with Crippen LogP contribution in [0, 0.1) is 0 Å². The molecule has 7 heteroatoms. The predicted molar refractivity (Wildman–Crippen MR) is 94.1 cm³/mol. The Kier molecular flexibility index (Phi) is 7.29. The molecular formula is C15H19Cl2N3OS. The first-order valence-corrected chi connectivity index (χ1v) is 7.96. The average Bonchev–Trinajstić information content (AvgIpc) is 2.94. The van der Waals surface area contributed by atoms with Crippen molar-refractivity contribution in [2.75, 3.05) is 13.6 Å². The molecule has 1 heterocycles. The smallest absolute Gasteiger partial charge is 0.273 e. The number of hydrogen-bond donors (Lipinski definition) is 1. The lowest BCUT2D eigenvalue weighted by molar-refractivity contribution is 0.0737. The van der Waals surface area contributed by atoms with Gasteiger partial charge in [0.2, 0.25) is 0 Å². The van der Waals surface area contributed by atoms with Gasteiger partial charge < -0.3 is 10.6 Å². The highest BCUT2D eigenvalue weighted by molar-refractivity contribution is 7.09. The molecule has 0 aliphatic carbocycles. The summed E-state index contributed by atoms with van der Waals surface area (Å²) in [6.45, 7) is 2.49. The monoisotopic (exact) mass is 359 g/mol. The quantitative estimate of drug-likeness (QED) is 0.887. The Morgan fingerprint density at radius 1 is 1.45 bits per heavy atom. The number of nitrogens with zero attached hydrogens (tertiary/aromatic N) is 2. The van der Waals surface area contributed by atoms with Crippen molar-refractivity contribution in [1.29, 1.82) is 0 Å². The van der Waals surface area contributed by atoms with Crippen LogP contribution in [0.1, 0.15) is 34.0 Å². The second kappa shape index (κ2) is 8.48. The Hall–Kier alpha value is -1.14. The van der Waals surface area contributed by atoms with Crippen molar-refractivity contribution in [3.05, 3.63) is 50.9 Å². The van der Waals surface area contributed by atoms with Gasteiger partial charge in [0.25, 0.3) is 5.91 Å². The lowest BCUT2D eigenvalue weighted by Gasteiger charge is -2.25. The summed E-state index contributed by atoms with van der Waals surface area (Å²) in [5.41, 5.74) is 6.89. The van der Waals surface area contributed by atoms with E-state index in [1.807, 2.05) is 31.2 Å². The first kappa shape index (κ1) is 18.9. The molecule has 1 aromatic carbocycles. The van der Waals surface area contributed by atoms with Crippen LogP contribution >= 0.6 is 35.3 Å². The minimum atomic E-state index is -0.120. The van der Waals surface area contributed by atoms with Gasteiger partial charge in [0, 0.05) is 23.9 Å². The Morgan fingerprint density at radius 2 is 2.14 bits per heavy atom. The molecular weight excluding hydrogens is 341 g/mol. The van der Waals surface area contributed by atoms with Crippen molar-refractivity contribution >= 4 is 41.3 Å². The van der Waals surface area contributed by atoms with Crippen molar-refractivity contribution in [2.45, 2.75) is 19.4 Å². The molecule has 2 N–H and O–H groups in total. The van der Waals surface area contributed by atoms with Gasteiger partial charge in [0.05, 0.1) is 11.0 Å². The van der Waals surface area contributed by atoms with Gasteiger partial charge in [-0.3, -0.25) is 4.79 Å². The number of carbonyl (C=O) groups is 1. The van der Waals surface area contributed by atoms with Crippen molar-refractivity contribution in [3.63, 3.8) is 0 Å². The van der Waals surface area contributed by atoms with Crippen LogP contribution in [0.2, 0.25) is 5.02 Å². The minimum absolute atomic E-state index is 0. The molecule has 0 aliphatic heterocycles. The second-order valence-electron chi connectivity index (χ2n) is 4.78. The van der Waals surface area contributed by atoms with Crippen LogP contribution in [0.15, 0.2) is 29.6 Å². The summed E-state index contributed by atoms with van der Waals surface area (Å²) in [6, 6.07) is 7.43. The van der Waals surface area contributed by atoms with E-state index >= 15 is 0 Å². The van der Waals surface area contributed by atoms with Crippen molar-refractivity contribution in [2.24, 2.45) is 5.73 Å². The number of aromatic nitrogens is 1. The molecule has 2 rings (SSSR count). The van der Waals surface area contributed by atoms with Crippen molar-refractivity contribution in [1.82, 2.24) is 9.88 Å². The molecule has 2 aromatic rings. The molecule has 120 valence electrons. The van der Waals surface area contributed by atoms with Gasteiger partial charge in [-0.15, -0.1) is 23.7 Å². The van der Waals surface area contributed by atoms with Crippen LogP contribution < -0.4 is 5.73 Å². The maximum absolute atomic E-state index is 12.5. The van der Waals surface area contributed by atoms with Gasteiger partial charge >= 0.3 is 0 Å². The van der Waals surface area contributed by atoms with Gasteiger partial charge in [-0.25, -0.2) is 4.98 Å². The predicted octanol–water partition coefficient (Wildman–Crippen LogP) is 3.55. The standard InChI is InChI=1S/C15H18ClN3OS.ClH/c1-10(11-5-3-4-6-12(11)16)19(2)15(20)13-9-21-14(18-13)7-8-17;/h3-6,9-10H,7-8,17H2,1-2H3;1H. The second-order valence-corrected chi connectivity index (χ2v) is 6.13. The Balaban J connectivity index is 0.00000242. The van der Waals surface area contributed by atoms with Gasteiger partial charge in [-0.05, 0) is 25.1 Å². The molecule has 0 fully saturated rings. The van der Waals surface area contributed by atoms with E-state index in [-0.39, 0.29) is 24.4 Å². The lowest BCUT2D eigenvalue weighted by atomic mass is 10.1. The van der Waals surface area contributed by atoms with E-state index in [4.69, 9.17) is 17.3 Å². The fraction of sp³-hybridized carbons (Fsp3) is 0.333. The third-order valence-electron chi connectivity index (χ3n) is 3.39. The Morgan fingerprint density at radius 3 is 2.77 bits per heavy atom. The zero-order valence-electron chi connectivity index (χ0n) is 12.5. The van der Waals surface area contributed by atoms with Crippen LogP contribution in [-0.2, 0) is 6.42 Å². The van der Waals surface area contributed by atoms with Gasteiger partial charge in [-0.1, -0.05) is 29.8 Å². The van der Waals surface area contributed by atoms with Crippen LogP contribution in [-0.4, -0.2) is 29.4 Å². The summed E-state index contributed by atoms with van der Waals surface area (Å²) in [4.78, 5) is 18.5. The fourth-order valence-electron chi connectivity index (χ4n) is 2.03. The maximum atomic E-state index is 12.5. The maximum Gasteiger partial charge on any atom is 0.273 e. The lowest BCUT2D eigenvalue weighted by Crippen LogP contribution is -2.30. The summed E-state index contributed by atoms with van der Waals surface area (Å²) >= 11 is 7.66. The van der Waals surface area contributed by atoms with E-state index in [0.717, 1.165) is 10.6 Å². The number of benzene rings is 1. The van der Waals surface area contributed by atoms with E-state index in [2.05, 4.69) is 4.98 Å². The first-order valence-electron chi connectivity index (χ1n) is 6.70. The molecule has 4 nitrogen and oxygen atoms in total. The summed E-state index contributed by atoms with van der Waals surface area (Å²) < 4.78 is 0. The summed E-state index contributed by atoms with van der Waals surface area (Å²) in [7, 11) is 1.76. The van der Waals surface area contributed by atoms with E-state index in [0.29, 0.717) is 23.7 Å². The largest absolute Gasteiger partial charge is 0.334 e. The van der Waals surface area contributed by atoms with E-state index < -0.39 is 0 Å². The SMILES string of the molecule is CC(c1ccccc1Cl)N(C)C(=O)c1csc(CCN)n1.Cl. The number of hydrogen-bond acceptors (Lipinski definition) is 4. The highest BCUT2D eigenvalue weighted by atomic mass is 35.5. The topological polar surface area (TPSA) is 59.2 Å². The number of halogens is 2. The minimum Gasteiger partial charge on any atom is -0.334 e. The zero-order valence-corrected chi connectivity index (χ0v) is 14.8. The third-order valence-corrected chi connectivity index (χ3v) is 4.64. The zero-order chi connectivity index (χ0) is 15.4. The first-order chi connectivity index (χ1) is 10.0. The molecule has 0 saturated heterocycles. The van der Waals surface area contributed by atoms with Crippen LogP contribution in [0.25, 0.3) is 0 Å². The number of nitrogens with two attached hydrogens (primary N) is 1. The normalized spacial score (nSPS) is 11.6. The summed E-state index contributed by atoms with van der Waals surface area (Å²) in [5, 5.41) is 3.33. The molecule has 1 atom stereocenters. The fourth-order valence-corrected chi connectivity index (χ4v) is 3.11. The van der Waals surface area contributed by atoms with Gasteiger partial charge in [0.1, 0.15) is 5.69 Å². The van der Waals surface area contributed by atoms with E-state index in [1.54, 1.807) is 17.3 Å². The molecule has 0 aliphatic rings. The number of carbonyl (C=O) groups excluding carboxylic acids is 1. The van der Waals surface area contributed by atoms with Gasteiger partial charge in [0.15, 0.2) is 0 Å². The Labute approximate surface area is 145 Å². The number of thiazole rings is 1. The molecule has 0 radical (unpaired) electrons. The van der Waals surface area contributed by atoms with Crippen LogP contribution in [0.3, 0.4) is 0 Å². The molecule has 0 bridgehead atoms. The Bertz CT molecular complexity index is 633. The number of rotatable bonds is 5. The van der Waals surface area contributed by atoms with Crippen molar-refractivity contribution in [3.8, 4) is 0 Å². The van der Waals surface area contributed by atoms with E-state index in [9.17, 15) is 4.79 Å². The highest BCUT2D eigenvalue weighted by Gasteiger charge is 2.22. The van der Waals surface area contributed by atoms with Gasteiger partial charge in [-0.2, -0.15) is 0 Å².